The summed E-state index contributed by atoms with van der Waals surface area (Å²) < 4.78 is 12.7. The van der Waals surface area contributed by atoms with Crippen LogP contribution in [0.3, 0.4) is 0 Å². The summed E-state index contributed by atoms with van der Waals surface area (Å²) in [5.74, 6) is -0.252. The molecule has 0 amide bonds. The van der Waals surface area contributed by atoms with Crippen LogP contribution in [0.2, 0.25) is 0 Å². The predicted molar refractivity (Wildman–Crippen MR) is 57.0 cm³/mol. The van der Waals surface area contributed by atoms with Gasteiger partial charge in [0.2, 0.25) is 0 Å². The van der Waals surface area contributed by atoms with Crippen molar-refractivity contribution in [3.8, 4) is 0 Å². The number of hydrogen-bond acceptors (Lipinski definition) is 2. The zero-order chi connectivity index (χ0) is 9.84. The highest BCUT2D eigenvalue weighted by atomic mass is 35.5. The molecule has 1 aromatic rings. The standard InChI is InChI=1S/C10H14FNO.ClH/c1-7-6-8(11)2-3-9(7)10(12)4-5-13;/h2-3,6,10,13H,4-5,12H2,1H3;1H/t10-;/m0./s1. The van der Waals surface area contributed by atoms with Crippen LogP contribution in [0.4, 0.5) is 4.39 Å². The average Bonchev–Trinajstić information content (AvgIpc) is 2.04. The van der Waals surface area contributed by atoms with Crippen molar-refractivity contribution in [2.45, 2.75) is 19.4 Å². The average molecular weight is 220 g/mol. The van der Waals surface area contributed by atoms with E-state index < -0.39 is 0 Å². The highest BCUT2D eigenvalue weighted by Gasteiger charge is 2.08. The minimum Gasteiger partial charge on any atom is -0.396 e. The first-order valence-electron chi connectivity index (χ1n) is 4.27. The Labute approximate surface area is 89.3 Å². The Hall–Kier alpha value is -0.640. The van der Waals surface area contributed by atoms with Crippen molar-refractivity contribution in [1.29, 1.82) is 0 Å². The number of aryl methyl sites for hydroxylation is 1. The molecule has 0 aliphatic carbocycles. The maximum Gasteiger partial charge on any atom is 0.123 e. The second-order valence-electron chi connectivity index (χ2n) is 3.12. The lowest BCUT2D eigenvalue weighted by Gasteiger charge is -2.13. The third-order valence-corrected chi connectivity index (χ3v) is 2.07. The van der Waals surface area contributed by atoms with E-state index in [-0.39, 0.29) is 30.9 Å². The van der Waals surface area contributed by atoms with E-state index in [0.717, 1.165) is 11.1 Å². The van der Waals surface area contributed by atoms with E-state index in [1.165, 1.54) is 12.1 Å². The van der Waals surface area contributed by atoms with Gasteiger partial charge in [-0.05, 0) is 36.6 Å². The Morgan fingerprint density at radius 2 is 2.14 bits per heavy atom. The van der Waals surface area contributed by atoms with Gasteiger partial charge in [-0.25, -0.2) is 4.39 Å². The Balaban J connectivity index is 0.00000169. The molecule has 0 heterocycles. The van der Waals surface area contributed by atoms with E-state index in [4.69, 9.17) is 10.8 Å². The normalized spacial score (nSPS) is 12.0. The molecule has 0 saturated carbocycles. The van der Waals surface area contributed by atoms with E-state index in [0.29, 0.717) is 6.42 Å². The molecule has 0 radical (unpaired) electrons. The zero-order valence-corrected chi connectivity index (χ0v) is 8.85. The van der Waals surface area contributed by atoms with Gasteiger partial charge in [0.25, 0.3) is 0 Å². The van der Waals surface area contributed by atoms with Gasteiger partial charge in [0.05, 0.1) is 0 Å². The van der Waals surface area contributed by atoms with Crippen LogP contribution >= 0.6 is 12.4 Å². The quantitative estimate of drug-likeness (QED) is 0.816. The van der Waals surface area contributed by atoms with E-state index in [2.05, 4.69) is 0 Å². The van der Waals surface area contributed by atoms with Crippen LogP contribution in [0.15, 0.2) is 18.2 Å². The third-order valence-electron chi connectivity index (χ3n) is 2.07. The van der Waals surface area contributed by atoms with E-state index >= 15 is 0 Å². The van der Waals surface area contributed by atoms with Crippen LogP contribution in [0.5, 0.6) is 0 Å². The molecular formula is C10H15ClFNO. The number of benzene rings is 1. The highest BCUT2D eigenvalue weighted by molar-refractivity contribution is 5.85. The van der Waals surface area contributed by atoms with Crippen molar-refractivity contribution in [2.24, 2.45) is 5.73 Å². The molecule has 0 unspecified atom stereocenters. The summed E-state index contributed by atoms with van der Waals surface area (Å²) in [5, 5.41) is 8.69. The van der Waals surface area contributed by atoms with Crippen LogP contribution in [-0.2, 0) is 0 Å². The summed E-state index contributed by atoms with van der Waals surface area (Å²) in [6, 6.07) is 4.31. The van der Waals surface area contributed by atoms with Gasteiger partial charge in [-0.2, -0.15) is 0 Å². The second kappa shape index (κ2) is 5.96. The first-order valence-corrected chi connectivity index (χ1v) is 4.27. The van der Waals surface area contributed by atoms with Gasteiger partial charge in [0, 0.05) is 12.6 Å². The Morgan fingerprint density at radius 1 is 1.50 bits per heavy atom. The van der Waals surface area contributed by atoms with Gasteiger partial charge in [-0.1, -0.05) is 6.07 Å². The maximum absolute atomic E-state index is 12.7. The van der Waals surface area contributed by atoms with Gasteiger partial charge < -0.3 is 10.8 Å². The topological polar surface area (TPSA) is 46.2 Å². The molecule has 0 fully saturated rings. The number of aliphatic hydroxyl groups is 1. The van der Waals surface area contributed by atoms with Crippen molar-refractivity contribution >= 4 is 12.4 Å². The molecule has 4 heteroatoms. The van der Waals surface area contributed by atoms with Gasteiger partial charge >= 0.3 is 0 Å². The summed E-state index contributed by atoms with van der Waals surface area (Å²) in [6.45, 7) is 1.87. The van der Waals surface area contributed by atoms with Crippen LogP contribution < -0.4 is 5.73 Å². The zero-order valence-electron chi connectivity index (χ0n) is 8.03. The largest absolute Gasteiger partial charge is 0.396 e. The summed E-state index contributed by atoms with van der Waals surface area (Å²) in [7, 11) is 0. The Bertz CT molecular complexity index is 293. The lowest BCUT2D eigenvalue weighted by atomic mass is 10.00. The van der Waals surface area contributed by atoms with E-state index in [1.54, 1.807) is 6.07 Å². The number of hydrogen-bond donors (Lipinski definition) is 2. The molecule has 1 rings (SSSR count). The van der Waals surface area contributed by atoms with Crippen molar-refractivity contribution in [1.82, 2.24) is 0 Å². The van der Waals surface area contributed by atoms with Gasteiger partial charge in [-0.15, -0.1) is 12.4 Å². The van der Waals surface area contributed by atoms with Crippen molar-refractivity contribution < 1.29 is 9.50 Å². The van der Waals surface area contributed by atoms with E-state index in [1.807, 2.05) is 6.92 Å². The lowest BCUT2D eigenvalue weighted by molar-refractivity contribution is 0.276. The molecule has 0 aromatic heterocycles. The summed E-state index contributed by atoms with van der Waals surface area (Å²) >= 11 is 0. The van der Waals surface area contributed by atoms with Gasteiger partial charge in [0.15, 0.2) is 0 Å². The Morgan fingerprint density at radius 3 is 2.64 bits per heavy atom. The fourth-order valence-electron chi connectivity index (χ4n) is 1.35. The molecule has 80 valence electrons. The number of halogens is 2. The monoisotopic (exact) mass is 219 g/mol. The van der Waals surface area contributed by atoms with E-state index in [9.17, 15) is 4.39 Å². The number of rotatable bonds is 3. The fraction of sp³-hybridized carbons (Fsp3) is 0.400. The molecule has 14 heavy (non-hydrogen) atoms. The Kier molecular flexibility index (Phi) is 5.69. The molecule has 1 atom stereocenters. The molecule has 0 bridgehead atoms. The number of nitrogens with two attached hydrogens (primary N) is 1. The fourth-order valence-corrected chi connectivity index (χ4v) is 1.35. The molecule has 3 N–H and O–H groups in total. The second-order valence-corrected chi connectivity index (χ2v) is 3.12. The van der Waals surface area contributed by atoms with Crippen LogP contribution in [-0.4, -0.2) is 11.7 Å². The first kappa shape index (κ1) is 13.4. The lowest BCUT2D eigenvalue weighted by Crippen LogP contribution is -2.13. The number of aliphatic hydroxyl groups excluding tert-OH is 1. The van der Waals surface area contributed by atoms with Crippen LogP contribution in [0, 0.1) is 12.7 Å². The molecular weight excluding hydrogens is 205 g/mol. The van der Waals surface area contributed by atoms with Crippen molar-refractivity contribution in [3.05, 3.63) is 35.1 Å². The highest BCUT2D eigenvalue weighted by Crippen LogP contribution is 2.18. The maximum atomic E-state index is 12.7. The molecule has 2 nitrogen and oxygen atoms in total. The van der Waals surface area contributed by atoms with Crippen molar-refractivity contribution in [3.63, 3.8) is 0 Å². The van der Waals surface area contributed by atoms with Crippen molar-refractivity contribution in [2.75, 3.05) is 6.61 Å². The van der Waals surface area contributed by atoms with Crippen LogP contribution in [0.1, 0.15) is 23.6 Å². The summed E-state index contributed by atoms with van der Waals surface area (Å²) in [4.78, 5) is 0. The molecule has 0 saturated heterocycles. The molecule has 0 spiro atoms. The van der Waals surface area contributed by atoms with Gasteiger partial charge in [-0.3, -0.25) is 0 Å². The molecule has 0 aliphatic heterocycles. The first-order chi connectivity index (χ1) is 6.15. The summed E-state index contributed by atoms with van der Waals surface area (Å²) in [5.41, 5.74) is 7.51. The minimum absolute atomic E-state index is 0. The predicted octanol–water partition coefficient (Wildman–Crippen LogP) is 1.94. The summed E-state index contributed by atoms with van der Waals surface area (Å²) in [6.07, 6.45) is 0.506. The SMILES string of the molecule is Cc1cc(F)ccc1[C@@H](N)CCO.Cl. The minimum atomic E-state index is -0.252. The molecule has 1 aromatic carbocycles. The third kappa shape index (κ3) is 3.25. The molecule has 0 aliphatic rings. The van der Waals surface area contributed by atoms with Crippen LogP contribution in [0.25, 0.3) is 0 Å². The smallest absolute Gasteiger partial charge is 0.123 e. The van der Waals surface area contributed by atoms with Gasteiger partial charge in [0.1, 0.15) is 5.82 Å².